The summed E-state index contributed by atoms with van der Waals surface area (Å²) in [7, 11) is 0. The van der Waals surface area contributed by atoms with Crippen LogP contribution in [0, 0.1) is 5.92 Å². The average molecular weight is 489 g/mol. The van der Waals surface area contributed by atoms with Crippen molar-refractivity contribution in [3.63, 3.8) is 0 Å². The van der Waals surface area contributed by atoms with E-state index in [1.165, 1.54) is 12.0 Å². The molecule has 2 aromatic rings. The highest BCUT2D eigenvalue weighted by Gasteiger charge is 2.40. The van der Waals surface area contributed by atoms with E-state index in [0.29, 0.717) is 30.0 Å². The van der Waals surface area contributed by atoms with Crippen LogP contribution < -0.4 is 16.0 Å². The molecule has 0 aliphatic carbocycles. The second-order valence-electron chi connectivity index (χ2n) is 10.1. The van der Waals surface area contributed by atoms with Crippen LogP contribution in [0.1, 0.15) is 70.4 Å². The molecule has 3 N–H and O–H groups in total. The lowest BCUT2D eigenvalue weighted by molar-refractivity contribution is -0.136. The standard InChI is InChI=1S/C28H32N4O4/c29-26(34)20-9-7-18(8-10-20)3-1-4-19-13-15-31(16-14-19)23-6-2-5-21-22(23)17-32(28(21)36)24-11-12-25(33)30-27(24)35/h2,5-10,19,24H,1,3-4,11-17H2,(H2,29,34)(H,30,33,35). The molecule has 3 aliphatic heterocycles. The third-order valence-electron chi connectivity index (χ3n) is 7.83. The van der Waals surface area contributed by atoms with E-state index in [4.69, 9.17) is 5.73 Å². The van der Waals surface area contributed by atoms with Crippen LogP contribution in [-0.2, 0) is 22.6 Å². The molecule has 0 spiro atoms. The monoisotopic (exact) mass is 488 g/mol. The van der Waals surface area contributed by atoms with E-state index in [9.17, 15) is 19.2 Å². The molecule has 4 amide bonds. The van der Waals surface area contributed by atoms with E-state index in [-0.39, 0.29) is 24.1 Å². The quantitative estimate of drug-likeness (QED) is 0.582. The second kappa shape index (κ2) is 10.1. The van der Waals surface area contributed by atoms with Gasteiger partial charge in [0.05, 0.1) is 0 Å². The Morgan fingerprint density at radius 1 is 1.00 bits per heavy atom. The predicted molar refractivity (Wildman–Crippen MR) is 135 cm³/mol. The largest absolute Gasteiger partial charge is 0.371 e. The zero-order chi connectivity index (χ0) is 25.2. The highest BCUT2D eigenvalue weighted by atomic mass is 16.2. The smallest absolute Gasteiger partial charge is 0.255 e. The molecule has 0 aromatic heterocycles. The van der Waals surface area contributed by atoms with E-state index >= 15 is 0 Å². The fourth-order valence-corrected chi connectivity index (χ4v) is 5.76. The molecule has 2 aromatic carbocycles. The molecular formula is C28H32N4O4. The molecule has 2 saturated heterocycles. The Labute approximate surface area is 210 Å². The number of hydrogen-bond donors (Lipinski definition) is 2. The number of carbonyl (C=O) groups is 4. The Morgan fingerprint density at radius 2 is 1.75 bits per heavy atom. The van der Waals surface area contributed by atoms with Crippen LogP contribution in [-0.4, -0.2) is 47.7 Å². The van der Waals surface area contributed by atoms with Gasteiger partial charge in [0, 0.05) is 48.4 Å². The van der Waals surface area contributed by atoms with Crippen LogP contribution in [0.2, 0.25) is 0 Å². The number of imide groups is 1. The number of fused-ring (bicyclic) bond motifs is 1. The number of nitrogens with one attached hydrogen (secondary N) is 1. The Morgan fingerprint density at radius 3 is 2.44 bits per heavy atom. The van der Waals surface area contributed by atoms with E-state index in [2.05, 4.69) is 16.3 Å². The molecule has 0 radical (unpaired) electrons. The number of carbonyl (C=O) groups excluding carboxylic acids is 4. The van der Waals surface area contributed by atoms with Gasteiger partial charge < -0.3 is 15.5 Å². The first-order valence-electron chi connectivity index (χ1n) is 12.8. The van der Waals surface area contributed by atoms with Gasteiger partial charge in [0.2, 0.25) is 17.7 Å². The zero-order valence-corrected chi connectivity index (χ0v) is 20.4. The Hall–Kier alpha value is -3.68. The summed E-state index contributed by atoms with van der Waals surface area (Å²) in [4.78, 5) is 52.3. The van der Waals surface area contributed by atoms with Crippen LogP contribution in [0.3, 0.4) is 0 Å². The minimum atomic E-state index is -0.590. The van der Waals surface area contributed by atoms with Crippen molar-refractivity contribution in [2.45, 2.75) is 57.5 Å². The van der Waals surface area contributed by atoms with Crippen LogP contribution in [0.15, 0.2) is 42.5 Å². The maximum absolute atomic E-state index is 13.1. The molecular weight excluding hydrogens is 456 g/mol. The van der Waals surface area contributed by atoms with Crippen LogP contribution >= 0.6 is 0 Å². The molecule has 3 heterocycles. The summed E-state index contributed by atoms with van der Waals surface area (Å²) in [6, 6.07) is 12.8. The number of anilines is 1. The number of hydrogen-bond acceptors (Lipinski definition) is 5. The lowest BCUT2D eigenvalue weighted by Gasteiger charge is -2.35. The summed E-state index contributed by atoms with van der Waals surface area (Å²) in [5.41, 5.74) is 9.83. The number of benzene rings is 2. The molecule has 5 rings (SSSR count). The average Bonchev–Trinajstić information content (AvgIpc) is 3.21. The molecule has 8 heteroatoms. The number of nitrogens with zero attached hydrogens (tertiary/aromatic N) is 2. The third-order valence-corrected chi connectivity index (χ3v) is 7.83. The summed E-state index contributed by atoms with van der Waals surface area (Å²) in [6.45, 7) is 2.30. The van der Waals surface area contributed by atoms with Crippen molar-refractivity contribution < 1.29 is 19.2 Å². The first-order valence-corrected chi connectivity index (χ1v) is 12.8. The lowest BCUT2D eigenvalue weighted by Crippen LogP contribution is -2.52. The fraction of sp³-hybridized carbons (Fsp3) is 0.429. The molecule has 36 heavy (non-hydrogen) atoms. The van der Waals surface area contributed by atoms with Gasteiger partial charge in [-0.3, -0.25) is 24.5 Å². The van der Waals surface area contributed by atoms with Crippen LogP contribution in [0.4, 0.5) is 5.69 Å². The van der Waals surface area contributed by atoms with Crippen molar-refractivity contribution in [1.82, 2.24) is 10.2 Å². The molecule has 1 unspecified atom stereocenters. The number of amides is 4. The summed E-state index contributed by atoms with van der Waals surface area (Å²) in [5.74, 6) is -0.501. The van der Waals surface area contributed by atoms with Gasteiger partial charge in [-0.25, -0.2) is 0 Å². The molecule has 0 bridgehead atoms. The third kappa shape index (κ3) is 4.85. The van der Waals surface area contributed by atoms with Gasteiger partial charge in [-0.1, -0.05) is 18.2 Å². The zero-order valence-electron chi connectivity index (χ0n) is 20.4. The van der Waals surface area contributed by atoms with Gasteiger partial charge in [-0.2, -0.15) is 0 Å². The van der Waals surface area contributed by atoms with E-state index in [1.54, 1.807) is 17.0 Å². The molecule has 2 fully saturated rings. The summed E-state index contributed by atoms with van der Waals surface area (Å²) in [5, 5.41) is 2.37. The Bertz CT molecular complexity index is 1180. The maximum Gasteiger partial charge on any atom is 0.255 e. The van der Waals surface area contributed by atoms with E-state index in [1.807, 2.05) is 24.3 Å². The Kier molecular flexibility index (Phi) is 6.76. The van der Waals surface area contributed by atoms with Gasteiger partial charge in [-0.05, 0) is 74.3 Å². The number of piperidine rings is 2. The highest BCUT2D eigenvalue weighted by Crippen LogP contribution is 2.36. The summed E-state index contributed by atoms with van der Waals surface area (Å²) in [6.07, 6.45) is 6.11. The molecule has 188 valence electrons. The number of nitrogens with two attached hydrogens (primary N) is 1. The summed E-state index contributed by atoms with van der Waals surface area (Å²) < 4.78 is 0. The molecule has 0 saturated carbocycles. The number of aryl methyl sites for hydroxylation is 1. The fourth-order valence-electron chi connectivity index (χ4n) is 5.76. The van der Waals surface area contributed by atoms with Gasteiger partial charge in [0.15, 0.2) is 0 Å². The van der Waals surface area contributed by atoms with Gasteiger partial charge in [-0.15, -0.1) is 0 Å². The Balaban J connectivity index is 1.16. The molecule has 3 aliphatic rings. The minimum Gasteiger partial charge on any atom is -0.371 e. The predicted octanol–water partition coefficient (Wildman–Crippen LogP) is 2.79. The van der Waals surface area contributed by atoms with E-state index < -0.39 is 11.9 Å². The van der Waals surface area contributed by atoms with Crippen molar-refractivity contribution in [3.05, 3.63) is 64.7 Å². The van der Waals surface area contributed by atoms with Crippen molar-refractivity contribution in [2.75, 3.05) is 18.0 Å². The maximum atomic E-state index is 13.1. The topological polar surface area (TPSA) is 113 Å². The lowest BCUT2D eigenvalue weighted by atomic mass is 9.90. The number of rotatable bonds is 7. The van der Waals surface area contributed by atoms with Crippen LogP contribution in [0.5, 0.6) is 0 Å². The number of primary amides is 1. The van der Waals surface area contributed by atoms with E-state index in [0.717, 1.165) is 50.0 Å². The summed E-state index contributed by atoms with van der Waals surface area (Å²) >= 11 is 0. The normalized spacial score (nSPS) is 20.4. The first-order chi connectivity index (χ1) is 17.4. The highest BCUT2D eigenvalue weighted by molar-refractivity contribution is 6.06. The van der Waals surface area contributed by atoms with Gasteiger partial charge in [0.1, 0.15) is 6.04 Å². The first kappa shape index (κ1) is 24.0. The van der Waals surface area contributed by atoms with Crippen molar-refractivity contribution in [1.29, 1.82) is 0 Å². The van der Waals surface area contributed by atoms with Crippen LogP contribution in [0.25, 0.3) is 0 Å². The van der Waals surface area contributed by atoms with Crippen molar-refractivity contribution in [2.24, 2.45) is 11.7 Å². The minimum absolute atomic E-state index is 0.125. The molecule has 8 nitrogen and oxygen atoms in total. The van der Waals surface area contributed by atoms with Crippen molar-refractivity contribution in [3.8, 4) is 0 Å². The second-order valence-corrected chi connectivity index (χ2v) is 10.1. The SMILES string of the molecule is NC(=O)c1ccc(CCCC2CCN(c3cccc4c3CN(C3CCC(=O)NC3=O)C4=O)CC2)cc1. The molecule has 1 atom stereocenters. The van der Waals surface area contributed by atoms with Gasteiger partial charge in [0.25, 0.3) is 5.91 Å². The van der Waals surface area contributed by atoms with Gasteiger partial charge >= 0.3 is 0 Å². The van der Waals surface area contributed by atoms with Crippen molar-refractivity contribution >= 4 is 29.3 Å².